The molecule has 0 spiro atoms. The molecule has 1 aliphatic heterocycles. The van der Waals surface area contributed by atoms with Crippen molar-refractivity contribution < 1.29 is 9.32 Å². The van der Waals surface area contributed by atoms with E-state index < -0.39 is 0 Å². The number of nitriles is 1. The van der Waals surface area contributed by atoms with Crippen LogP contribution in [0.2, 0.25) is 0 Å². The van der Waals surface area contributed by atoms with Gasteiger partial charge >= 0.3 is 0 Å². The number of aromatic nitrogens is 2. The molecule has 1 atom stereocenters. The van der Waals surface area contributed by atoms with E-state index in [2.05, 4.69) is 21.1 Å². The molecule has 1 unspecified atom stereocenters. The molecule has 1 aromatic heterocycles. The SMILES string of the molecule is CC(=O)c1ccc(C#N)cc1N1CCCC(Cc2noc(C)n2)C1. The summed E-state index contributed by atoms with van der Waals surface area (Å²) in [4.78, 5) is 18.4. The van der Waals surface area contributed by atoms with E-state index in [0.717, 1.165) is 43.9 Å². The minimum Gasteiger partial charge on any atom is -0.371 e. The van der Waals surface area contributed by atoms with Gasteiger partial charge in [-0.3, -0.25) is 4.79 Å². The highest BCUT2D eigenvalue weighted by Crippen LogP contribution is 2.29. The summed E-state index contributed by atoms with van der Waals surface area (Å²) in [6.07, 6.45) is 2.90. The van der Waals surface area contributed by atoms with Crippen LogP contribution in [0.5, 0.6) is 0 Å². The van der Waals surface area contributed by atoms with Crippen LogP contribution in [0, 0.1) is 24.2 Å². The lowest BCUT2D eigenvalue weighted by atomic mass is 9.93. The topological polar surface area (TPSA) is 83.0 Å². The van der Waals surface area contributed by atoms with Crippen molar-refractivity contribution in [2.24, 2.45) is 5.92 Å². The predicted molar refractivity (Wildman–Crippen MR) is 88.8 cm³/mol. The normalized spacial score (nSPS) is 17.5. The molecule has 0 amide bonds. The molecule has 6 heteroatoms. The van der Waals surface area contributed by atoms with Crippen molar-refractivity contribution in [2.75, 3.05) is 18.0 Å². The maximum absolute atomic E-state index is 11.9. The minimum atomic E-state index is 0.0189. The number of anilines is 1. The standard InChI is InChI=1S/C18H20N4O2/c1-12(23)16-6-5-14(10-19)8-17(16)22-7-3-4-15(11-22)9-18-20-13(2)24-21-18/h5-6,8,15H,3-4,7,9,11H2,1-2H3. The van der Waals surface area contributed by atoms with Gasteiger partial charge in [-0.1, -0.05) is 5.16 Å². The number of hydrogen-bond acceptors (Lipinski definition) is 6. The highest BCUT2D eigenvalue weighted by atomic mass is 16.5. The van der Waals surface area contributed by atoms with Crippen LogP contribution in [-0.4, -0.2) is 29.0 Å². The van der Waals surface area contributed by atoms with Gasteiger partial charge in [-0.25, -0.2) is 0 Å². The van der Waals surface area contributed by atoms with Gasteiger partial charge in [-0.2, -0.15) is 10.2 Å². The summed E-state index contributed by atoms with van der Waals surface area (Å²) >= 11 is 0. The van der Waals surface area contributed by atoms with Crippen LogP contribution in [0.4, 0.5) is 5.69 Å². The zero-order valence-corrected chi connectivity index (χ0v) is 14.0. The number of hydrogen-bond donors (Lipinski definition) is 0. The van der Waals surface area contributed by atoms with E-state index in [-0.39, 0.29) is 5.78 Å². The van der Waals surface area contributed by atoms with Gasteiger partial charge in [-0.15, -0.1) is 0 Å². The zero-order valence-electron chi connectivity index (χ0n) is 14.0. The van der Waals surface area contributed by atoms with Crippen LogP contribution in [-0.2, 0) is 6.42 Å². The molecule has 1 aromatic carbocycles. The summed E-state index contributed by atoms with van der Waals surface area (Å²) in [5.41, 5.74) is 2.10. The number of nitrogens with zero attached hydrogens (tertiary/aromatic N) is 4. The maximum atomic E-state index is 11.9. The predicted octanol–water partition coefficient (Wildman–Crippen LogP) is 2.91. The van der Waals surface area contributed by atoms with Crippen molar-refractivity contribution in [3.05, 3.63) is 41.0 Å². The number of carbonyl (C=O) groups is 1. The third-order valence-corrected chi connectivity index (χ3v) is 4.41. The second-order valence-corrected chi connectivity index (χ2v) is 6.29. The first kappa shape index (κ1) is 16.2. The molecule has 1 saturated heterocycles. The van der Waals surface area contributed by atoms with Gasteiger partial charge in [0.25, 0.3) is 0 Å². The van der Waals surface area contributed by atoms with Gasteiger partial charge in [0, 0.05) is 37.7 Å². The lowest BCUT2D eigenvalue weighted by Crippen LogP contribution is -2.37. The molecule has 0 bridgehead atoms. The highest BCUT2D eigenvalue weighted by Gasteiger charge is 2.24. The first-order valence-corrected chi connectivity index (χ1v) is 8.16. The van der Waals surface area contributed by atoms with Gasteiger partial charge in [0.15, 0.2) is 11.6 Å². The number of aryl methyl sites for hydroxylation is 1. The molecule has 1 aliphatic rings. The second kappa shape index (κ2) is 6.83. The van der Waals surface area contributed by atoms with E-state index in [0.29, 0.717) is 22.9 Å². The molecule has 24 heavy (non-hydrogen) atoms. The lowest BCUT2D eigenvalue weighted by molar-refractivity contribution is 0.101. The lowest BCUT2D eigenvalue weighted by Gasteiger charge is -2.35. The minimum absolute atomic E-state index is 0.0189. The number of benzene rings is 1. The summed E-state index contributed by atoms with van der Waals surface area (Å²) in [5.74, 6) is 1.74. The summed E-state index contributed by atoms with van der Waals surface area (Å²) in [6.45, 7) is 5.06. The third kappa shape index (κ3) is 3.46. The number of piperidine rings is 1. The first-order chi connectivity index (χ1) is 11.6. The van der Waals surface area contributed by atoms with Crippen LogP contribution in [0.1, 0.15) is 47.4 Å². The molecule has 0 N–H and O–H groups in total. The molecule has 3 rings (SSSR count). The molecule has 0 aliphatic carbocycles. The average Bonchev–Trinajstić information content (AvgIpc) is 2.99. The largest absolute Gasteiger partial charge is 0.371 e. The van der Waals surface area contributed by atoms with E-state index in [9.17, 15) is 4.79 Å². The Morgan fingerprint density at radius 3 is 3.00 bits per heavy atom. The number of Topliss-reactive ketones (excluding diaryl/α,β-unsaturated/α-hetero) is 1. The molecule has 124 valence electrons. The van der Waals surface area contributed by atoms with Gasteiger partial charge in [0.1, 0.15) is 0 Å². The Balaban J connectivity index is 1.81. The smallest absolute Gasteiger partial charge is 0.223 e. The zero-order chi connectivity index (χ0) is 17.1. The average molecular weight is 324 g/mol. The summed E-state index contributed by atoms with van der Waals surface area (Å²) in [7, 11) is 0. The maximum Gasteiger partial charge on any atom is 0.223 e. The fraction of sp³-hybridized carbons (Fsp3) is 0.444. The monoisotopic (exact) mass is 324 g/mol. The molecule has 2 aromatic rings. The first-order valence-electron chi connectivity index (χ1n) is 8.16. The van der Waals surface area contributed by atoms with E-state index in [4.69, 9.17) is 9.78 Å². The Kier molecular flexibility index (Phi) is 4.61. The molecule has 6 nitrogen and oxygen atoms in total. The Bertz CT molecular complexity index is 791. The Morgan fingerprint density at radius 2 is 2.33 bits per heavy atom. The number of carbonyl (C=O) groups excluding carboxylic acids is 1. The number of rotatable bonds is 4. The number of ketones is 1. The van der Waals surface area contributed by atoms with Gasteiger partial charge < -0.3 is 9.42 Å². The van der Waals surface area contributed by atoms with Crippen molar-refractivity contribution in [3.8, 4) is 6.07 Å². The van der Waals surface area contributed by atoms with Gasteiger partial charge in [-0.05, 0) is 43.9 Å². The van der Waals surface area contributed by atoms with Crippen molar-refractivity contribution in [1.82, 2.24) is 10.1 Å². The van der Waals surface area contributed by atoms with E-state index in [1.807, 2.05) is 6.07 Å². The van der Waals surface area contributed by atoms with Crippen molar-refractivity contribution in [3.63, 3.8) is 0 Å². The van der Waals surface area contributed by atoms with E-state index in [1.165, 1.54) is 0 Å². The fourth-order valence-corrected chi connectivity index (χ4v) is 3.29. The summed E-state index contributed by atoms with van der Waals surface area (Å²) in [6, 6.07) is 7.42. The van der Waals surface area contributed by atoms with Gasteiger partial charge in [0.2, 0.25) is 5.89 Å². The molecular weight excluding hydrogens is 304 g/mol. The van der Waals surface area contributed by atoms with Crippen LogP contribution < -0.4 is 4.90 Å². The summed E-state index contributed by atoms with van der Waals surface area (Å²) < 4.78 is 5.04. The fourth-order valence-electron chi connectivity index (χ4n) is 3.29. The van der Waals surface area contributed by atoms with Gasteiger partial charge in [0.05, 0.1) is 11.6 Å². The van der Waals surface area contributed by atoms with E-state index >= 15 is 0 Å². The van der Waals surface area contributed by atoms with Crippen LogP contribution >= 0.6 is 0 Å². The van der Waals surface area contributed by atoms with Crippen LogP contribution in [0.25, 0.3) is 0 Å². The molecule has 2 heterocycles. The second-order valence-electron chi connectivity index (χ2n) is 6.29. The van der Waals surface area contributed by atoms with Crippen molar-refractivity contribution >= 4 is 11.5 Å². The Labute approximate surface area is 141 Å². The highest BCUT2D eigenvalue weighted by molar-refractivity contribution is 6.00. The van der Waals surface area contributed by atoms with E-state index in [1.54, 1.807) is 26.0 Å². The Hall–Kier alpha value is -2.68. The Morgan fingerprint density at radius 1 is 1.50 bits per heavy atom. The van der Waals surface area contributed by atoms with Crippen LogP contribution in [0.15, 0.2) is 22.7 Å². The van der Waals surface area contributed by atoms with Crippen molar-refractivity contribution in [2.45, 2.75) is 33.1 Å². The van der Waals surface area contributed by atoms with Crippen LogP contribution in [0.3, 0.4) is 0 Å². The third-order valence-electron chi connectivity index (χ3n) is 4.41. The van der Waals surface area contributed by atoms with Crippen molar-refractivity contribution in [1.29, 1.82) is 5.26 Å². The quantitative estimate of drug-likeness (QED) is 0.804. The molecule has 0 radical (unpaired) electrons. The molecule has 0 saturated carbocycles. The molecule has 1 fully saturated rings. The summed E-state index contributed by atoms with van der Waals surface area (Å²) in [5, 5.41) is 13.1. The molecular formula is C18H20N4O2.